The molecule has 8 nitrogen and oxygen atoms in total. The molecule has 2 fully saturated rings. The number of pyridine rings is 1. The van der Waals surface area contributed by atoms with Gasteiger partial charge in [-0.3, -0.25) is 9.69 Å². The van der Waals surface area contributed by atoms with E-state index < -0.39 is 0 Å². The van der Waals surface area contributed by atoms with Gasteiger partial charge >= 0.3 is 0 Å². The molecule has 1 amide bonds. The Kier molecular flexibility index (Phi) is 6.85. The summed E-state index contributed by atoms with van der Waals surface area (Å²) in [6.07, 6.45) is 10.1. The van der Waals surface area contributed by atoms with E-state index in [1.165, 1.54) is 31.7 Å². The zero-order valence-corrected chi connectivity index (χ0v) is 19.6. The molecule has 8 heteroatoms. The fourth-order valence-electron chi connectivity index (χ4n) is 4.85. The van der Waals surface area contributed by atoms with Gasteiger partial charge < -0.3 is 14.6 Å². The Labute approximate surface area is 199 Å². The first-order valence-corrected chi connectivity index (χ1v) is 12.2. The molecule has 5 rings (SSSR count). The van der Waals surface area contributed by atoms with Gasteiger partial charge in [-0.25, -0.2) is 4.98 Å². The lowest BCUT2D eigenvalue weighted by Crippen LogP contribution is -2.23. The zero-order valence-electron chi connectivity index (χ0n) is 19.6. The normalized spacial score (nSPS) is 19.3. The largest absolute Gasteiger partial charge is 0.474 e. The van der Waals surface area contributed by atoms with Gasteiger partial charge in [-0.05, 0) is 68.8 Å². The number of hydrogen-bond acceptors (Lipinski definition) is 7. The highest BCUT2D eigenvalue weighted by molar-refractivity contribution is 5.88. The maximum absolute atomic E-state index is 11.2. The predicted octanol–water partition coefficient (Wildman–Crippen LogP) is 5.14. The number of nitrogens with one attached hydrogen (secondary N) is 1. The lowest BCUT2D eigenvalue weighted by atomic mass is 9.98. The van der Waals surface area contributed by atoms with Crippen molar-refractivity contribution in [3.63, 3.8) is 0 Å². The number of likely N-dealkylation sites (tertiary alicyclic amines) is 1. The number of amides is 1. The molecule has 178 valence electrons. The zero-order chi connectivity index (χ0) is 23.3. The second-order valence-electron chi connectivity index (χ2n) is 9.23. The summed E-state index contributed by atoms with van der Waals surface area (Å²) in [4.78, 5) is 22.8. The number of carbonyl (C=O) groups excluding carboxylic acids is 1. The first-order valence-electron chi connectivity index (χ1n) is 12.2. The molecule has 3 heterocycles. The van der Waals surface area contributed by atoms with Crippen molar-refractivity contribution >= 4 is 11.6 Å². The van der Waals surface area contributed by atoms with Crippen LogP contribution in [0.15, 0.2) is 47.1 Å². The first kappa shape index (κ1) is 22.5. The Morgan fingerprint density at radius 3 is 2.65 bits per heavy atom. The molecule has 2 aliphatic rings. The van der Waals surface area contributed by atoms with Crippen molar-refractivity contribution in [3.05, 3.63) is 54.0 Å². The Balaban J connectivity index is 1.22. The van der Waals surface area contributed by atoms with Crippen LogP contribution in [0.3, 0.4) is 0 Å². The second-order valence-corrected chi connectivity index (χ2v) is 9.23. The fraction of sp³-hybridized carbons (Fsp3) is 0.462. The SMILES string of the molecule is CC(=O)Nc1ccc(CN2CCCC2c2nc(-c3ccc(OC4CCCCC4)nc3)no2)cc1. The number of rotatable bonds is 7. The predicted molar refractivity (Wildman–Crippen MR) is 128 cm³/mol. The highest BCUT2D eigenvalue weighted by Crippen LogP contribution is 2.33. The van der Waals surface area contributed by atoms with E-state index in [1.807, 2.05) is 36.4 Å². The number of benzene rings is 1. The minimum absolute atomic E-state index is 0.0684. The third kappa shape index (κ3) is 5.44. The minimum atomic E-state index is -0.0684. The average Bonchev–Trinajstić information content (AvgIpc) is 3.51. The number of aromatic nitrogens is 3. The maximum atomic E-state index is 11.2. The lowest BCUT2D eigenvalue weighted by molar-refractivity contribution is -0.114. The van der Waals surface area contributed by atoms with Gasteiger partial charge in [0.15, 0.2) is 0 Å². The highest BCUT2D eigenvalue weighted by Gasteiger charge is 2.31. The van der Waals surface area contributed by atoms with Gasteiger partial charge in [-0.2, -0.15) is 4.98 Å². The summed E-state index contributed by atoms with van der Waals surface area (Å²) >= 11 is 0. The molecule has 1 aliphatic heterocycles. The van der Waals surface area contributed by atoms with Gasteiger partial charge in [-0.1, -0.05) is 23.7 Å². The van der Waals surface area contributed by atoms with E-state index in [4.69, 9.17) is 14.2 Å². The topological polar surface area (TPSA) is 93.4 Å². The van der Waals surface area contributed by atoms with Crippen LogP contribution in [-0.4, -0.2) is 38.6 Å². The van der Waals surface area contributed by atoms with Crippen molar-refractivity contribution < 1.29 is 14.1 Å². The van der Waals surface area contributed by atoms with Gasteiger partial charge in [0.1, 0.15) is 6.10 Å². The maximum Gasteiger partial charge on any atom is 0.244 e. The molecule has 1 aliphatic carbocycles. The molecule has 2 aromatic heterocycles. The number of ether oxygens (including phenoxy) is 1. The van der Waals surface area contributed by atoms with Crippen LogP contribution in [0.1, 0.15) is 69.4 Å². The van der Waals surface area contributed by atoms with Gasteiger partial charge in [0.25, 0.3) is 0 Å². The van der Waals surface area contributed by atoms with Crippen molar-refractivity contribution in [2.45, 2.75) is 70.6 Å². The third-order valence-electron chi connectivity index (χ3n) is 6.58. The summed E-state index contributed by atoms with van der Waals surface area (Å²) < 4.78 is 11.7. The van der Waals surface area contributed by atoms with E-state index in [1.54, 1.807) is 6.20 Å². The Morgan fingerprint density at radius 2 is 1.91 bits per heavy atom. The molecule has 1 saturated heterocycles. The van der Waals surface area contributed by atoms with E-state index >= 15 is 0 Å². The third-order valence-corrected chi connectivity index (χ3v) is 6.58. The molecule has 0 bridgehead atoms. The number of anilines is 1. The van der Waals surface area contributed by atoms with E-state index in [2.05, 4.69) is 20.4 Å². The smallest absolute Gasteiger partial charge is 0.244 e. The molecule has 1 saturated carbocycles. The summed E-state index contributed by atoms with van der Waals surface area (Å²) in [7, 11) is 0. The van der Waals surface area contributed by atoms with Crippen LogP contribution < -0.4 is 10.1 Å². The highest BCUT2D eigenvalue weighted by atomic mass is 16.5. The standard InChI is InChI=1S/C26H31N5O3/c1-18(32)28-21-12-9-19(10-13-21)17-31-15-5-8-23(31)26-29-25(30-34-26)20-11-14-24(27-16-20)33-22-6-3-2-4-7-22/h9-14,16,22-23H,2-8,15,17H2,1H3,(H,28,32). The minimum Gasteiger partial charge on any atom is -0.474 e. The van der Waals surface area contributed by atoms with Crippen LogP contribution in [0, 0.1) is 0 Å². The van der Waals surface area contributed by atoms with E-state index in [0.29, 0.717) is 17.6 Å². The van der Waals surface area contributed by atoms with Crippen LogP contribution in [0.4, 0.5) is 5.69 Å². The van der Waals surface area contributed by atoms with Crippen molar-refractivity contribution in [2.24, 2.45) is 0 Å². The average molecular weight is 462 g/mol. The van der Waals surface area contributed by atoms with Gasteiger partial charge in [0, 0.05) is 37.0 Å². The van der Waals surface area contributed by atoms with Gasteiger partial charge in [-0.15, -0.1) is 0 Å². The fourth-order valence-corrected chi connectivity index (χ4v) is 4.85. The molecular formula is C26H31N5O3. The Bertz CT molecular complexity index is 1090. The van der Waals surface area contributed by atoms with Crippen molar-refractivity contribution in [1.29, 1.82) is 0 Å². The number of nitrogens with zero attached hydrogens (tertiary/aromatic N) is 4. The molecule has 1 aromatic carbocycles. The van der Waals surface area contributed by atoms with Crippen LogP contribution in [0.25, 0.3) is 11.4 Å². The Morgan fingerprint density at radius 1 is 1.09 bits per heavy atom. The van der Waals surface area contributed by atoms with E-state index in [9.17, 15) is 4.79 Å². The summed E-state index contributed by atoms with van der Waals surface area (Å²) in [5.41, 5.74) is 2.81. The molecule has 1 unspecified atom stereocenters. The van der Waals surface area contributed by atoms with Crippen molar-refractivity contribution in [1.82, 2.24) is 20.0 Å². The first-order chi connectivity index (χ1) is 16.6. The Hall–Kier alpha value is -3.26. The van der Waals surface area contributed by atoms with Gasteiger partial charge in [0.2, 0.25) is 23.5 Å². The summed E-state index contributed by atoms with van der Waals surface area (Å²) in [6, 6.07) is 11.9. The molecule has 3 aromatic rings. The molecule has 0 spiro atoms. The molecule has 1 N–H and O–H groups in total. The van der Waals surface area contributed by atoms with Crippen LogP contribution in [0.5, 0.6) is 5.88 Å². The summed E-state index contributed by atoms with van der Waals surface area (Å²) in [5, 5.41) is 7.03. The van der Waals surface area contributed by atoms with Gasteiger partial charge in [0.05, 0.1) is 6.04 Å². The van der Waals surface area contributed by atoms with E-state index in [-0.39, 0.29) is 18.1 Å². The van der Waals surface area contributed by atoms with Crippen LogP contribution in [0.2, 0.25) is 0 Å². The summed E-state index contributed by atoms with van der Waals surface area (Å²) in [6.45, 7) is 3.28. The van der Waals surface area contributed by atoms with Crippen LogP contribution in [-0.2, 0) is 11.3 Å². The number of hydrogen-bond donors (Lipinski definition) is 1. The van der Waals surface area contributed by atoms with Crippen molar-refractivity contribution in [3.8, 4) is 17.3 Å². The molecule has 0 radical (unpaired) electrons. The second kappa shape index (κ2) is 10.3. The number of carbonyl (C=O) groups is 1. The monoisotopic (exact) mass is 461 g/mol. The molecule has 1 atom stereocenters. The van der Waals surface area contributed by atoms with Crippen LogP contribution >= 0.6 is 0 Å². The van der Waals surface area contributed by atoms with E-state index in [0.717, 1.165) is 50.0 Å². The lowest BCUT2D eigenvalue weighted by Gasteiger charge is -2.22. The summed E-state index contributed by atoms with van der Waals surface area (Å²) in [5.74, 6) is 1.79. The quantitative estimate of drug-likeness (QED) is 0.521. The molecular weight excluding hydrogens is 430 g/mol. The van der Waals surface area contributed by atoms with Crippen molar-refractivity contribution in [2.75, 3.05) is 11.9 Å². The molecule has 34 heavy (non-hydrogen) atoms.